The summed E-state index contributed by atoms with van der Waals surface area (Å²) in [5.41, 5.74) is 6.29. The van der Waals surface area contributed by atoms with Crippen molar-refractivity contribution in [2.45, 2.75) is 70.3 Å². The van der Waals surface area contributed by atoms with Crippen LogP contribution in [0.25, 0.3) is 0 Å². The maximum absolute atomic E-state index is 6.29. The van der Waals surface area contributed by atoms with E-state index in [2.05, 4.69) is 0 Å². The van der Waals surface area contributed by atoms with Crippen LogP contribution in [-0.2, 0) is 0 Å². The van der Waals surface area contributed by atoms with Crippen LogP contribution in [0.2, 0.25) is 0 Å². The zero-order valence-electron chi connectivity index (χ0n) is 9.38. The molecule has 14 heavy (non-hydrogen) atoms. The van der Waals surface area contributed by atoms with E-state index in [9.17, 15) is 0 Å². The van der Waals surface area contributed by atoms with E-state index in [1.807, 2.05) is 0 Å². The summed E-state index contributed by atoms with van der Waals surface area (Å²) in [5, 5.41) is 0. The molecular formula is C13H25N. The van der Waals surface area contributed by atoms with Gasteiger partial charge in [-0.2, -0.15) is 0 Å². The summed E-state index contributed by atoms with van der Waals surface area (Å²) in [6, 6.07) is 0.522. The molecule has 2 aliphatic carbocycles. The number of rotatable bonds is 4. The molecule has 82 valence electrons. The minimum absolute atomic E-state index is 0.522. The smallest absolute Gasteiger partial charge is 0.00672 e. The van der Waals surface area contributed by atoms with E-state index in [0.717, 1.165) is 11.8 Å². The minimum atomic E-state index is 0.522. The van der Waals surface area contributed by atoms with E-state index < -0.39 is 0 Å². The van der Waals surface area contributed by atoms with Crippen LogP contribution < -0.4 is 5.73 Å². The topological polar surface area (TPSA) is 26.0 Å². The molecule has 1 nitrogen and oxygen atoms in total. The fraction of sp³-hybridized carbons (Fsp3) is 1.00. The third kappa shape index (κ3) is 3.27. The Kier molecular flexibility index (Phi) is 3.86. The van der Waals surface area contributed by atoms with E-state index in [0.29, 0.717) is 6.04 Å². The van der Waals surface area contributed by atoms with E-state index in [-0.39, 0.29) is 0 Å². The summed E-state index contributed by atoms with van der Waals surface area (Å²) in [4.78, 5) is 0. The molecule has 0 amide bonds. The molecule has 0 radical (unpaired) electrons. The molecule has 0 aliphatic heterocycles. The molecule has 0 bridgehead atoms. The normalized spacial score (nSPS) is 27.2. The Morgan fingerprint density at radius 3 is 2.14 bits per heavy atom. The third-order valence-corrected chi connectivity index (χ3v) is 4.11. The van der Waals surface area contributed by atoms with Crippen LogP contribution in [0.15, 0.2) is 0 Å². The first-order valence-corrected chi connectivity index (χ1v) is 6.62. The Morgan fingerprint density at radius 2 is 1.57 bits per heavy atom. The van der Waals surface area contributed by atoms with Crippen LogP contribution in [0, 0.1) is 11.8 Å². The molecule has 2 saturated carbocycles. The van der Waals surface area contributed by atoms with E-state index >= 15 is 0 Å². The molecular weight excluding hydrogens is 170 g/mol. The maximum Gasteiger partial charge on any atom is 0.00672 e. The Bertz CT molecular complexity index is 155. The fourth-order valence-electron chi connectivity index (χ4n) is 2.81. The quantitative estimate of drug-likeness (QED) is 0.683. The highest BCUT2D eigenvalue weighted by atomic mass is 14.6. The number of nitrogens with two attached hydrogens (primary N) is 1. The molecule has 2 aliphatic rings. The molecule has 2 rings (SSSR count). The molecule has 0 aromatic rings. The Labute approximate surface area is 88.4 Å². The SMILES string of the molecule is NC(CCC1CC1)C1CCCCCC1. The molecule has 2 fully saturated rings. The predicted molar refractivity (Wildman–Crippen MR) is 61.1 cm³/mol. The first-order valence-electron chi connectivity index (χ1n) is 6.62. The van der Waals surface area contributed by atoms with Crippen molar-refractivity contribution in [3.8, 4) is 0 Å². The molecule has 2 N–H and O–H groups in total. The van der Waals surface area contributed by atoms with E-state index in [4.69, 9.17) is 5.73 Å². The van der Waals surface area contributed by atoms with Crippen LogP contribution in [0.4, 0.5) is 0 Å². The summed E-state index contributed by atoms with van der Waals surface area (Å²) in [7, 11) is 0. The van der Waals surface area contributed by atoms with E-state index in [1.165, 1.54) is 64.2 Å². The van der Waals surface area contributed by atoms with Crippen molar-refractivity contribution in [2.24, 2.45) is 17.6 Å². The fourth-order valence-corrected chi connectivity index (χ4v) is 2.81. The first-order chi connectivity index (χ1) is 6.86. The second kappa shape index (κ2) is 5.16. The lowest BCUT2D eigenvalue weighted by Gasteiger charge is -2.22. The molecule has 1 heteroatoms. The van der Waals surface area contributed by atoms with Gasteiger partial charge in [-0.3, -0.25) is 0 Å². The zero-order chi connectivity index (χ0) is 9.80. The molecule has 0 saturated heterocycles. The molecule has 0 aromatic carbocycles. The lowest BCUT2D eigenvalue weighted by molar-refractivity contribution is 0.348. The Balaban J connectivity index is 1.67. The van der Waals surface area contributed by atoms with Crippen molar-refractivity contribution in [3.05, 3.63) is 0 Å². The van der Waals surface area contributed by atoms with Gasteiger partial charge < -0.3 is 5.73 Å². The first kappa shape index (κ1) is 10.5. The van der Waals surface area contributed by atoms with Gasteiger partial charge in [0.05, 0.1) is 0 Å². The van der Waals surface area contributed by atoms with Crippen LogP contribution in [0.5, 0.6) is 0 Å². The van der Waals surface area contributed by atoms with Crippen LogP contribution in [0.1, 0.15) is 64.2 Å². The van der Waals surface area contributed by atoms with Gasteiger partial charge in [-0.25, -0.2) is 0 Å². The predicted octanol–water partition coefficient (Wildman–Crippen LogP) is 3.47. The van der Waals surface area contributed by atoms with Gasteiger partial charge in [0, 0.05) is 6.04 Å². The van der Waals surface area contributed by atoms with Crippen molar-refractivity contribution in [3.63, 3.8) is 0 Å². The van der Waals surface area contributed by atoms with Gasteiger partial charge in [0.15, 0.2) is 0 Å². The Morgan fingerprint density at radius 1 is 0.929 bits per heavy atom. The van der Waals surface area contributed by atoms with Gasteiger partial charge >= 0.3 is 0 Å². The lowest BCUT2D eigenvalue weighted by atomic mass is 9.89. The summed E-state index contributed by atoms with van der Waals surface area (Å²) in [6.07, 6.45) is 14.3. The summed E-state index contributed by atoms with van der Waals surface area (Å²) in [6.45, 7) is 0. The van der Waals surface area contributed by atoms with Gasteiger partial charge in [0.2, 0.25) is 0 Å². The number of hydrogen-bond acceptors (Lipinski definition) is 1. The highest BCUT2D eigenvalue weighted by Crippen LogP contribution is 2.35. The summed E-state index contributed by atoms with van der Waals surface area (Å²) >= 11 is 0. The van der Waals surface area contributed by atoms with Crippen molar-refractivity contribution in [2.75, 3.05) is 0 Å². The highest BCUT2D eigenvalue weighted by molar-refractivity contribution is 4.80. The van der Waals surface area contributed by atoms with Gasteiger partial charge in [0.1, 0.15) is 0 Å². The second-order valence-electron chi connectivity index (χ2n) is 5.44. The second-order valence-corrected chi connectivity index (χ2v) is 5.44. The molecule has 0 spiro atoms. The van der Waals surface area contributed by atoms with Crippen LogP contribution >= 0.6 is 0 Å². The van der Waals surface area contributed by atoms with Crippen molar-refractivity contribution in [1.82, 2.24) is 0 Å². The maximum atomic E-state index is 6.29. The molecule has 1 unspecified atom stereocenters. The molecule has 0 aromatic heterocycles. The summed E-state index contributed by atoms with van der Waals surface area (Å²) in [5.74, 6) is 1.92. The average molecular weight is 195 g/mol. The van der Waals surface area contributed by atoms with Crippen LogP contribution in [0.3, 0.4) is 0 Å². The minimum Gasteiger partial charge on any atom is -0.327 e. The van der Waals surface area contributed by atoms with Gasteiger partial charge in [-0.15, -0.1) is 0 Å². The van der Waals surface area contributed by atoms with Gasteiger partial charge in [-0.1, -0.05) is 38.5 Å². The van der Waals surface area contributed by atoms with Crippen LogP contribution in [-0.4, -0.2) is 6.04 Å². The lowest BCUT2D eigenvalue weighted by Crippen LogP contribution is -2.29. The van der Waals surface area contributed by atoms with E-state index in [1.54, 1.807) is 0 Å². The third-order valence-electron chi connectivity index (χ3n) is 4.11. The Hall–Kier alpha value is -0.0400. The van der Waals surface area contributed by atoms with Crippen molar-refractivity contribution >= 4 is 0 Å². The van der Waals surface area contributed by atoms with Gasteiger partial charge in [-0.05, 0) is 37.5 Å². The average Bonchev–Trinajstić information content (AvgIpc) is 3.01. The molecule has 1 atom stereocenters. The van der Waals surface area contributed by atoms with Crippen molar-refractivity contribution in [1.29, 1.82) is 0 Å². The summed E-state index contributed by atoms with van der Waals surface area (Å²) < 4.78 is 0. The molecule has 0 heterocycles. The monoisotopic (exact) mass is 195 g/mol. The zero-order valence-corrected chi connectivity index (χ0v) is 9.38. The van der Waals surface area contributed by atoms with Crippen molar-refractivity contribution < 1.29 is 0 Å². The standard InChI is InChI=1S/C13H25N/c14-13(10-9-11-7-8-11)12-5-3-1-2-4-6-12/h11-13H,1-10,14H2. The highest BCUT2D eigenvalue weighted by Gasteiger charge is 2.24. The van der Waals surface area contributed by atoms with Gasteiger partial charge in [0.25, 0.3) is 0 Å². The largest absolute Gasteiger partial charge is 0.327 e. The number of hydrogen-bond donors (Lipinski definition) is 1.